The van der Waals surface area contributed by atoms with Gasteiger partial charge >= 0.3 is 5.97 Å². The molecule has 0 amide bonds. The second kappa shape index (κ2) is 7.72. The highest BCUT2D eigenvalue weighted by atomic mass is 19.1. The van der Waals surface area contributed by atoms with Gasteiger partial charge in [0.15, 0.2) is 5.60 Å². The van der Waals surface area contributed by atoms with Crippen molar-refractivity contribution in [3.63, 3.8) is 0 Å². The lowest BCUT2D eigenvalue weighted by Crippen LogP contribution is -2.39. The average molecular weight is 317 g/mol. The number of hydrogen-bond donors (Lipinski definition) is 0. The summed E-state index contributed by atoms with van der Waals surface area (Å²) in [6, 6.07) is 9.38. The smallest absolute Gasteiger partial charge is 0.349 e. The van der Waals surface area contributed by atoms with E-state index >= 15 is 0 Å². The van der Waals surface area contributed by atoms with Gasteiger partial charge in [0, 0.05) is 12.4 Å². The molecule has 0 bridgehead atoms. The molecule has 0 aliphatic carbocycles. The van der Waals surface area contributed by atoms with Crippen molar-refractivity contribution >= 4 is 5.97 Å². The quantitative estimate of drug-likeness (QED) is 0.579. The lowest BCUT2D eigenvalue weighted by atomic mass is 10.1. The molecule has 0 radical (unpaired) electrons. The van der Waals surface area contributed by atoms with Crippen LogP contribution in [-0.2, 0) is 16.0 Å². The van der Waals surface area contributed by atoms with E-state index in [0.717, 1.165) is 12.0 Å². The molecule has 0 unspecified atom stereocenters. The van der Waals surface area contributed by atoms with Crippen LogP contribution >= 0.6 is 0 Å². The zero-order chi connectivity index (χ0) is 16.7. The summed E-state index contributed by atoms with van der Waals surface area (Å²) in [5.41, 5.74) is -0.0306. The molecule has 0 N–H and O–H groups in total. The summed E-state index contributed by atoms with van der Waals surface area (Å²) in [7, 11) is 0. The Kier molecular flexibility index (Phi) is 5.68. The molecule has 5 heteroatoms. The third-order valence-electron chi connectivity index (χ3n) is 3.24. The number of ether oxygens (including phenoxy) is 2. The molecule has 23 heavy (non-hydrogen) atoms. The molecule has 0 spiro atoms. The number of halogens is 1. The number of carbonyl (C=O) groups excluding carboxylic acids is 1. The minimum absolute atomic E-state index is 0.309. The van der Waals surface area contributed by atoms with Crippen molar-refractivity contribution in [2.75, 3.05) is 6.61 Å². The van der Waals surface area contributed by atoms with E-state index in [1.807, 2.05) is 12.1 Å². The van der Waals surface area contributed by atoms with Crippen molar-refractivity contribution in [3.8, 4) is 5.75 Å². The number of aromatic nitrogens is 1. The van der Waals surface area contributed by atoms with Crippen molar-refractivity contribution in [1.82, 2.24) is 4.98 Å². The van der Waals surface area contributed by atoms with Gasteiger partial charge in [0.05, 0.1) is 6.61 Å². The number of nitrogens with zero attached hydrogens (tertiary/aromatic N) is 1. The molecule has 1 heterocycles. The lowest BCUT2D eigenvalue weighted by Gasteiger charge is -2.24. The predicted molar refractivity (Wildman–Crippen MR) is 84.6 cm³/mol. The summed E-state index contributed by atoms with van der Waals surface area (Å²) in [5.74, 6) is -0.384. The van der Waals surface area contributed by atoms with E-state index in [2.05, 4.69) is 4.98 Å². The Labute approximate surface area is 135 Å². The topological polar surface area (TPSA) is 48.4 Å². The van der Waals surface area contributed by atoms with E-state index in [1.54, 1.807) is 26.2 Å². The first kappa shape index (κ1) is 16.9. The van der Waals surface area contributed by atoms with Crippen LogP contribution in [0.1, 0.15) is 25.8 Å². The van der Waals surface area contributed by atoms with Gasteiger partial charge in [-0.3, -0.25) is 4.98 Å². The van der Waals surface area contributed by atoms with Crippen LogP contribution in [0.25, 0.3) is 0 Å². The Balaban J connectivity index is 1.78. The summed E-state index contributed by atoms with van der Waals surface area (Å²) in [6.45, 7) is 3.56. The summed E-state index contributed by atoms with van der Waals surface area (Å²) in [4.78, 5) is 16.2. The average Bonchev–Trinajstić information content (AvgIpc) is 2.54. The number of benzene rings is 1. The molecule has 0 aliphatic heterocycles. The molecule has 0 aliphatic rings. The first-order valence-electron chi connectivity index (χ1n) is 7.48. The van der Waals surface area contributed by atoms with Crippen molar-refractivity contribution in [2.45, 2.75) is 32.3 Å². The zero-order valence-electron chi connectivity index (χ0n) is 13.3. The SMILES string of the molecule is CC(C)(Oc1ccc(F)cc1)C(=O)OCCCc1cccnc1. The normalized spacial score (nSPS) is 11.1. The number of esters is 1. The number of aryl methyl sites for hydroxylation is 1. The number of carbonyl (C=O) groups is 1. The highest BCUT2D eigenvalue weighted by Gasteiger charge is 2.31. The molecule has 0 saturated heterocycles. The molecule has 122 valence electrons. The van der Waals surface area contributed by atoms with Crippen LogP contribution in [0.3, 0.4) is 0 Å². The van der Waals surface area contributed by atoms with Gasteiger partial charge in [-0.05, 0) is 62.6 Å². The number of pyridine rings is 1. The van der Waals surface area contributed by atoms with E-state index in [0.29, 0.717) is 18.8 Å². The van der Waals surface area contributed by atoms with Crippen molar-refractivity contribution < 1.29 is 18.7 Å². The van der Waals surface area contributed by atoms with Crippen molar-refractivity contribution in [1.29, 1.82) is 0 Å². The van der Waals surface area contributed by atoms with Gasteiger partial charge in [0.1, 0.15) is 11.6 Å². The van der Waals surface area contributed by atoms with Crippen LogP contribution in [0.2, 0.25) is 0 Å². The van der Waals surface area contributed by atoms with Gasteiger partial charge in [-0.2, -0.15) is 0 Å². The van der Waals surface area contributed by atoms with Gasteiger partial charge in [-0.1, -0.05) is 6.07 Å². The lowest BCUT2D eigenvalue weighted by molar-refractivity contribution is -0.159. The Morgan fingerprint density at radius 1 is 1.22 bits per heavy atom. The van der Waals surface area contributed by atoms with Gasteiger partial charge in [-0.25, -0.2) is 9.18 Å². The van der Waals surface area contributed by atoms with E-state index in [4.69, 9.17) is 9.47 Å². The second-order valence-electron chi connectivity index (χ2n) is 5.67. The van der Waals surface area contributed by atoms with E-state index in [1.165, 1.54) is 24.3 Å². The fraction of sp³-hybridized carbons (Fsp3) is 0.333. The Bertz CT molecular complexity index is 626. The van der Waals surface area contributed by atoms with Crippen LogP contribution in [0.15, 0.2) is 48.8 Å². The Hall–Kier alpha value is -2.43. The molecule has 4 nitrogen and oxygen atoms in total. The first-order chi connectivity index (χ1) is 11.0. The van der Waals surface area contributed by atoms with Gasteiger partial charge in [0.25, 0.3) is 0 Å². The predicted octanol–water partition coefficient (Wildman–Crippen LogP) is 3.55. The van der Waals surface area contributed by atoms with Crippen LogP contribution in [0.4, 0.5) is 4.39 Å². The molecular weight excluding hydrogens is 297 g/mol. The fourth-order valence-electron chi connectivity index (χ4n) is 2.00. The molecule has 0 saturated carbocycles. The molecule has 2 aromatic rings. The van der Waals surface area contributed by atoms with E-state index in [9.17, 15) is 9.18 Å². The molecule has 2 rings (SSSR count). The Morgan fingerprint density at radius 3 is 2.61 bits per heavy atom. The van der Waals surface area contributed by atoms with Crippen LogP contribution in [0.5, 0.6) is 5.75 Å². The highest BCUT2D eigenvalue weighted by Crippen LogP contribution is 2.20. The minimum atomic E-state index is -1.13. The van der Waals surface area contributed by atoms with E-state index in [-0.39, 0.29) is 5.82 Å². The molecule has 1 aromatic heterocycles. The van der Waals surface area contributed by atoms with Gasteiger partial charge in [-0.15, -0.1) is 0 Å². The summed E-state index contributed by atoms with van der Waals surface area (Å²) in [6.07, 6.45) is 5.02. The molecular formula is C18H20FNO3. The maximum absolute atomic E-state index is 12.9. The highest BCUT2D eigenvalue weighted by molar-refractivity contribution is 5.79. The fourth-order valence-corrected chi connectivity index (χ4v) is 2.00. The first-order valence-corrected chi connectivity index (χ1v) is 7.48. The number of hydrogen-bond acceptors (Lipinski definition) is 4. The molecule has 0 atom stereocenters. The third-order valence-corrected chi connectivity index (χ3v) is 3.24. The van der Waals surface area contributed by atoms with Crippen LogP contribution in [0, 0.1) is 5.82 Å². The second-order valence-corrected chi connectivity index (χ2v) is 5.67. The summed E-state index contributed by atoms with van der Waals surface area (Å²) in [5, 5.41) is 0. The maximum Gasteiger partial charge on any atom is 0.349 e. The van der Waals surface area contributed by atoms with Gasteiger partial charge < -0.3 is 9.47 Å². The van der Waals surface area contributed by atoms with Crippen molar-refractivity contribution in [2.24, 2.45) is 0 Å². The van der Waals surface area contributed by atoms with Gasteiger partial charge in [0.2, 0.25) is 0 Å². The maximum atomic E-state index is 12.9. The largest absolute Gasteiger partial charge is 0.476 e. The Morgan fingerprint density at radius 2 is 1.96 bits per heavy atom. The third kappa shape index (κ3) is 5.36. The molecule has 1 aromatic carbocycles. The zero-order valence-corrected chi connectivity index (χ0v) is 13.3. The monoisotopic (exact) mass is 317 g/mol. The standard InChI is InChI=1S/C18H20FNO3/c1-18(2,23-16-9-7-15(19)8-10-16)17(21)22-12-4-6-14-5-3-11-20-13-14/h3,5,7-11,13H,4,6,12H2,1-2H3. The molecule has 0 fully saturated rings. The van der Waals surface area contributed by atoms with Crippen LogP contribution < -0.4 is 4.74 Å². The minimum Gasteiger partial charge on any atom is -0.476 e. The van der Waals surface area contributed by atoms with Crippen molar-refractivity contribution in [3.05, 3.63) is 60.2 Å². The summed E-state index contributed by atoms with van der Waals surface area (Å²) < 4.78 is 23.7. The summed E-state index contributed by atoms with van der Waals surface area (Å²) >= 11 is 0. The number of rotatable bonds is 7. The van der Waals surface area contributed by atoms with E-state index < -0.39 is 11.6 Å². The van der Waals surface area contributed by atoms with Crippen LogP contribution in [-0.4, -0.2) is 23.2 Å².